The zero-order valence-corrected chi connectivity index (χ0v) is 29.3. The number of likely N-dealkylation sites (N-methyl/N-ethyl adjacent to an activating group) is 1. The second-order valence-corrected chi connectivity index (χ2v) is 11.8. The van der Waals surface area contributed by atoms with Gasteiger partial charge in [-0.1, -0.05) is 30.1 Å². The van der Waals surface area contributed by atoms with Crippen LogP contribution in [0.25, 0.3) is 5.76 Å². The van der Waals surface area contributed by atoms with Gasteiger partial charge < -0.3 is 35.6 Å². The van der Waals surface area contributed by atoms with Crippen LogP contribution in [0, 0.1) is 0 Å². The van der Waals surface area contributed by atoms with Gasteiger partial charge in [-0.3, -0.25) is 15.1 Å². The molecule has 5 rings (SSSR count). The lowest BCUT2D eigenvalue weighted by atomic mass is 10.0. The molecular formula is C35H37Cl2N9O4. The van der Waals surface area contributed by atoms with Crippen molar-refractivity contribution < 1.29 is 19.1 Å². The number of nitrogens with one attached hydrogen (secondary N) is 3. The van der Waals surface area contributed by atoms with E-state index in [9.17, 15) is 9.59 Å². The number of amides is 3. The minimum absolute atomic E-state index is 0.0309. The molecule has 4 aromatic rings. The SMILES string of the molecule is C=Nc1cc(OC)c(C(N)=O)cc1/C(=C\C)Oc1ccc(NC(=O)Nc2cc(Nc3ccc(N4CCN(CC)CC4)cc3)ncn2)c(Cl)c1Cl. The van der Waals surface area contributed by atoms with E-state index in [-0.39, 0.29) is 38.6 Å². The van der Waals surface area contributed by atoms with Crippen molar-refractivity contribution in [3.05, 3.63) is 88.2 Å². The van der Waals surface area contributed by atoms with Gasteiger partial charge in [0.25, 0.3) is 5.91 Å². The summed E-state index contributed by atoms with van der Waals surface area (Å²) in [6.07, 6.45) is 3.00. The van der Waals surface area contributed by atoms with Gasteiger partial charge in [-0.15, -0.1) is 0 Å². The van der Waals surface area contributed by atoms with Gasteiger partial charge in [0.15, 0.2) is 0 Å². The number of allylic oxidation sites excluding steroid dienone is 1. The molecule has 0 aliphatic carbocycles. The maximum absolute atomic E-state index is 12.9. The van der Waals surface area contributed by atoms with Crippen LogP contribution in [0.1, 0.15) is 29.8 Å². The molecule has 0 atom stereocenters. The third-order valence-electron chi connectivity index (χ3n) is 8.03. The third-order valence-corrected chi connectivity index (χ3v) is 8.89. The standard InChI is InChI=1S/C35H37Cl2N9O4/c1-5-27(23-17-24(34(38)47)29(49-4)18-26(23)39-3)50-28-12-11-25(32(36)33(28)37)43-35(48)44-31-19-30(40-20-41-31)42-21-7-9-22(10-8-21)46-15-13-45(6-2)14-16-46/h5,7-12,17-20H,3,6,13-16H2,1-2,4H3,(H2,38,47)(H3,40,41,42,43,44,48)/b27-5+. The van der Waals surface area contributed by atoms with Crippen LogP contribution in [0.2, 0.25) is 10.0 Å². The number of carbonyl (C=O) groups excluding carboxylic acids is 2. The first-order valence-corrected chi connectivity index (χ1v) is 16.4. The van der Waals surface area contributed by atoms with E-state index in [0.717, 1.165) is 38.4 Å². The van der Waals surface area contributed by atoms with Crippen molar-refractivity contribution in [3.63, 3.8) is 0 Å². The largest absolute Gasteiger partial charge is 0.496 e. The van der Waals surface area contributed by atoms with Crippen molar-refractivity contribution in [2.24, 2.45) is 10.7 Å². The van der Waals surface area contributed by atoms with Crippen molar-refractivity contribution in [1.29, 1.82) is 0 Å². The Labute approximate surface area is 300 Å². The van der Waals surface area contributed by atoms with Crippen LogP contribution in [0.5, 0.6) is 11.5 Å². The summed E-state index contributed by atoms with van der Waals surface area (Å²) in [6, 6.07) is 15.2. The molecule has 50 heavy (non-hydrogen) atoms. The highest BCUT2D eigenvalue weighted by atomic mass is 35.5. The lowest BCUT2D eigenvalue weighted by Gasteiger charge is -2.35. The van der Waals surface area contributed by atoms with Crippen LogP contribution < -0.4 is 36.1 Å². The Kier molecular flexibility index (Phi) is 11.8. The van der Waals surface area contributed by atoms with Crippen molar-refractivity contribution in [2.45, 2.75) is 13.8 Å². The van der Waals surface area contributed by atoms with Gasteiger partial charge in [-0.05, 0) is 68.7 Å². The third kappa shape index (κ3) is 8.43. The number of urea groups is 1. The highest BCUT2D eigenvalue weighted by Crippen LogP contribution is 2.41. The summed E-state index contributed by atoms with van der Waals surface area (Å²) < 4.78 is 11.4. The predicted molar refractivity (Wildman–Crippen MR) is 200 cm³/mol. The molecule has 5 N–H and O–H groups in total. The topological polar surface area (TPSA) is 159 Å². The summed E-state index contributed by atoms with van der Waals surface area (Å²) >= 11 is 13.1. The second-order valence-electron chi connectivity index (χ2n) is 11.0. The summed E-state index contributed by atoms with van der Waals surface area (Å²) in [7, 11) is 1.41. The van der Waals surface area contributed by atoms with E-state index in [2.05, 4.69) is 66.5 Å². The van der Waals surface area contributed by atoms with E-state index >= 15 is 0 Å². The average Bonchev–Trinajstić information content (AvgIpc) is 3.13. The number of nitrogens with zero attached hydrogens (tertiary/aromatic N) is 5. The molecule has 260 valence electrons. The number of halogens is 2. The fourth-order valence-electron chi connectivity index (χ4n) is 5.34. The Balaban J connectivity index is 1.22. The van der Waals surface area contributed by atoms with Crippen LogP contribution in [0.4, 0.5) is 39.2 Å². The molecular weight excluding hydrogens is 681 g/mol. The average molecular weight is 719 g/mol. The fraction of sp³-hybridized carbons (Fsp3) is 0.229. The maximum Gasteiger partial charge on any atom is 0.324 e. The molecule has 3 amide bonds. The van der Waals surface area contributed by atoms with Crippen LogP contribution >= 0.6 is 23.2 Å². The highest BCUT2D eigenvalue weighted by Gasteiger charge is 2.21. The van der Waals surface area contributed by atoms with E-state index in [0.29, 0.717) is 22.8 Å². The van der Waals surface area contributed by atoms with E-state index in [1.54, 1.807) is 19.1 Å². The van der Waals surface area contributed by atoms with E-state index in [1.165, 1.54) is 43.4 Å². The van der Waals surface area contributed by atoms with Crippen molar-refractivity contribution in [1.82, 2.24) is 14.9 Å². The van der Waals surface area contributed by atoms with Crippen molar-refractivity contribution >= 4 is 82.0 Å². The molecule has 0 bridgehead atoms. The van der Waals surface area contributed by atoms with Crippen molar-refractivity contribution in [3.8, 4) is 11.5 Å². The minimum Gasteiger partial charge on any atom is -0.496 e. The summed E-state index contributed by atoms with van der Waals surface area (Å²) in [5.41, 5.74) is 8.72. The van der Waals surface area contributed by atoms with Gasteiger partial charge in [0.2, 0.25) is 0 Å². The maximum atomic E-state index is 12.9. The molecule has 2 heterocycles. The zero-order chi connectivity index (χ0) is 35.8. The Morgan fingerprint density at radius 3 is 2.32 bits per heavy atom. The van der Waals surface area contributed by atoms with Gasteiger partial charge in [-0.25, -0.2) is 14.8 Å². The molecule has 1 saturated heterocycles. The molecule has 15 heteroatoms. The normalized spacial score (nSPS) is 13.4. The number of anilines is 5. The Bertz CT molecular complexity index is 1910. The second kappa shape index (κ2) is 16.4. The fourth-order valence-corrected chi connectivity index (χ4v) is 5.75. The number of piperazine rings is 1. The number of hydrogen-bond donors (Lipinski definition) is 4. The number of ether oxygens (including phenoxy) is 2. The molecule has 3 aromatic carbocycles. The smallest absolute Gasteiger partial charge is 0.324 e. The highest BCUT2D eigenvalue weighted by molar-refractivity contribution is 6.45. The summed E-state index contributed by atoms with van der Waals surface area (Å²) in [5.74, 6) is 0.776. The van der Waals surface area contributed by atoms with Crippen LogP contribution in [-0.4, -0.2) is 73.4 Å². The molecule has 1 fully saturated rings. The van der Waals surface area contributed by atoms with Gasteiger partial charge in [0.1, 0.15) is 40.2 Å². The molecule has 0 unspecified atom stereocenters. The number of benzene rings is 3. The number of hydrogen-bond acceptors (Lipinski definition) is 10. The zero-order valence-electron chi connectivity index (χ0n) is 27.8. The first kappa shape index (κ1) is 35.9. The number of rotatable bonds is 12. The van der Waals surface area contributed by atoms with Gasteiger partial charge in [0.05, 0.1) is 29.1 Å². The lowest BCUT2D eigenvalue weighted by molar-refractivity contribution is 0.0997. The number of aromatic nitrogens is 2. The molecule has 1 aliphatic rings. The van der Waals surface area contributed by atoms with E-state index in [1.807, 2.05) is 12.1 Å². The van der Waals surface area contributed by atoms with Gasteiger partial charge in [-0.2, -0.15) is 0 Å². The Morgan fingerprint density at radius 2 is 1.68 bits per heavy atom. The lowest BCUT2D eigenvalue weighted by Crippen LogP contribution is -2.46. The molecule has 1 aromatic heterocycles. The number of carbonyl (C=O) groups is 2. The minimum atomic E-state index is -0.694. The number of methoxy groups -OCH3 is 1. The summed E-state index contributed by atoms with van der Waals surface area (Å²) in [5, 5.41) is 8.66. The molecule has 0 spiro atoms. The van der Waals surface area contributed by atoms with Crippen LogP contribution in [-0.2, 0) is 0 Å². The summed E-state index contributed by atoms with van der Waals surface area (Å²) in [6.45, 7) is 12.7. The molecule has 13 nitrogen and oxygen atoms in total. The number of aliphatic imine (C=N–C) groups is 1. The van der Waals surface area contributed by atoms with E-state index < -0.39 is 11.9 Å². The van der Waals surface area contributed by atoms with Crippen molar-refractivity contribution in [2.75, 3.05) is 60.7 Å². The van der Waals surface area contributed by atoms with Gasteiger partial charge >= 0.3 is 6.03 Å². The quantitative estimate of drug-likeness (QED) is 0.0878. The molecule has 0 saturated carbocycles. The predicted octanol–water partition coefficient (Wildman–Crippen LogP) is 7.19. The number of primary amides is 1. The van der Waals surface area contributed by atoms with E-state index in [4.69, 9.17) is 38.4 Å². The first-order chi connectivity index (χ1) is 24.1. The molecule has 1 aliphatic heterocycles. The first-order valence-electron chi connectivity index (χ1n) is 15.7. The van der Waals surface area contributed by atoms with Gasteiger partial charge in [0, 0.05) is 55.2 Å². The summed E-state index contributed by atoms with van der Waals surface area (Å²) in [4.78, 5) is 42.2. The van der Waals surface area contributed by atoms with Crippen LogP contribution in [0.15, 0.2) is 72.0 Å². The van der Waals surface area contributed by atoms with Crippen LogP contribution in [0.3, 0.4) is 0 Å². The Hall–Kier alpha value is -5.37. The number of nitrogens with two attached hydrogens (primary N) is 1. The molecule has 0 radical (unpaired) electrons. The Morgan fingerprint density at radius 1 is 0.960 bits per heavy atom. The monoisotopic (exact) mass is 717 g/mol.